The highest BCUT2D eigenvalue weighted by Gasteiger charge is 2.36. The maximum absolute atomic E-state index is 12.6. The molecular weight excluding hydrogens is 366 g/mol. The molecule has 1 atom stereocenters. The number of rotatable bonds is 6. The fourth-order valence-corrected chi connectivity index (χ4v) is 5.44. The summed E-state index contributed by atoms with van der Waals surface area (Å²) in [5.74, 6) is 1.48. The predicted molar refractivity (Wildman–Crippen MR) is 121 cm³/mol. The summed E-state index contributed by atoms with van der Waals surface area (Å²) in [6.45, 7) is 9.22. The molecule has 1 heterocycles. The van der Waals surface area contributed by atoms with Crippen molar-refractivity contribution in [3.63, 3.8) is 0 Å². The molecule has 1 aliphatic heterocycles. The zero-order valence-electron chi connectivity index (χ0n) is 17.9. The minimum Gasteiger partial charge on any atom is -0.330 e. The van der Waals surface area contributed by atoms with Crippen LogP contribution < -0.4 is 4.90 Å². The van der Waals surface area contributed by atoms with E-state index in [4.69, 9.17) is 4.99 Å². The summed E-state index contributed by atoms with van der Waals surface area (Å²) in [5.41, 5.74) is 2.29. The van der Waals surface area contributed by atoms with Crippen LogP contribution >= 0.6 is 11.8 Å². The predicted octanol–water partition coefficient (Wildman–Crippen LogP) is 5.64. The van der Waals surface area contributed by atoms with Gasteiger partial charge in [0.1, 0.15) is 6.17 Å². The van der Waals surface area contributed by atoms with E-state index in [0.717, 1.165) is 29.6 Å². The van der Waals surface area contributed by atoms with Crippen molar-refractivity contribution in [3.8, 4) is 0 Å². The summed E-state index contributed by atoms with van der Waals surface area (Å²) in [5, 5.41) is 1.14. The lowest BCUT2D eigenvalue weighted by atomic mass is 9.96. The Hall–Kier alpha value is -1.49. The van der Waals surface area contributed by atoms with Crippen LogP contribution in [-0.4, -0.2) is 40.5 Å². The standard InChI is InChI=1S/C23H35N3OS/c1-5-15-25-22(16-28-23(25)24-20-9-7-6-8-10-20)26(18(4)27)21-13-11-19(12-14-21)17(2)3/h11-14,17,20,22H,5-10,15-16H2,1-4H3. The van der Waals surface area contributed by atoms with Crippen LogP contribution in [0.25, 0.3) is 0 Å². The van der Waals surface area contributed by atoms with E-state index in [-0.39, 0.29) is 12.1 Å². The highest BCUT2D eigenvalue weighted by Crippen LogP contribution is 2.32. The molecule has 28 heavy (non-hydrogen) atoms. The van der Waals surface area contributed by atoms with Crippen molar-refractivity contribution in [2.45, 2.75) is 84.3 Å². The fourth-order valence-electron chi connectivity index (χ4n) is 4.21. The molecule has 1 aromatic carbocycles. The fraction of sp³-hybridized carbons (Fsp3) is 0.652. The van der Waals surface area contributed by atoms with Gasteiger partial charge in [-0.05, 0) is 42.9 Å². The van der Waals surface area contributed by atoms with Crippen molar-refractivity contribution >= 4 is 28.5 Å². The highest BCUT2D eigenvalue weighted by molar-refractivity contribution is 8.14. The molecule has 1 amide bonds. The number of amidine groups is 1. The van der Waals surface area contributed by atoms with E-state index in [1.807, 2.05) is 16.7 Å². The molecule has 4 nitrogen and oxygen atoms in total. The lowest BCUT2D eigenvalue weighted by Crippen LogP contribution is -2.50. The average Bonchev–Trinajstić information content (AvgIpc) is 3.05. The number of carbonyl (C=O) groups is 1. The third-order valence-electron chi connectivity index (χ3n) is 5.77. The second-order valence-electron chi connectivity index (χ2n) is 8.32. The van der Waals surface area contributed by atoms with Crippen LogP contribution in [0.3, 0.4) is 0 Å². The van der Waals surface area contributed by atoms with Crippen molar-refractivity contribution < 1.29 is 4.79 Å². The second kappa shape index (κ2) is 9.82. The van der Waals surface area contributed by atoms with Gasteiger partial charge in [-0.25, -0.2) is 0 Å². The number of hydrogen-bond donors (Lipinski definition) is 0. The van der Waals surface area contributed by atoms with Crippen LogP contribution in [-0.2, 0) is 4.79 Å². The summed E-state index contributed by atoms with van der Waals surface area (Å²) in [6.07, 6.45) is 7.47. The number of hydrogen-bond acceptors (Lipinski definition) is 3. The van der Waals surface area contributed by atoms with Gasteiger partial charge in [-0.2, -0.15) is 0 Å². The van der Waals surface area contributed by atoms with E-state index in [2.05, 4.69) is 49.9 Å². The molecule has 154 valence electrons. The molecule has 0 bridgehead atoms. The Balaban J connectivity index is 1.84. The van der Waals surface area contributed by atoms with Crippen LogP contribution in [0, 0.1) is 0 Å². The summed E-state index contributed by atoms with van der Waals surface area (Å²) < 4.78 is 0. The summed E-state index contributed by atoms with van der Waals surface area (Å²) in [4.78, 5) is 22.1. The van der Waals surface area contributed by atoms with Gasteiger partial charge in [0.25, 0.3) is 0 Å². The molecule has 1 saturated heterocycles. The Morgan fingerprint density at radius 1 is 1.21 bits per heavy atom. The van der Waals surface area contributed by atoms with Gasteiger partial charge in [0, 0.05) is 24.9 Å². The molecule has 0 N–H and O–H groups in total. The van der Waals surface area contributed by atoms with Crippen LogP contribution in [0.2, 0.25) is 0 Å². The lowest BCUT2D eigenvalue weighted by molar-refractivity contribution is -0.117. The summed E-state index contributed by atoms with van der Waals surface area (Å²) in [6, 6.07) is 8.97. The van der Waals surface area contributed by atoms with Crippen LogP contribution in [0.4, 0.5) is 5.69 Å². The SMILES string of the molecule is CCCN1C(=NC2CCCCC2)SCC1N(C(C)=O)c1ccc(C(C)C)cc1. The van der Waals surface area contributed by atoms with Gasteiger partial charge in [0.2, 0.25) is 5.91 Å². The highest BCUT2D eigenvalue weighted by atomic mass is 32.2. The number of nitrogens with zero attached hydrogens (tertiary/aromatic N) is 3. The van der Waals surface area contributed by atoms with E-state index < -0.39 is 0 Å². The molecule has 1 aliphatic carbocycles. The number of benzene rings is 1. The molecule has 0 radical (unpaired) electrons. The second-order valence-corrected chi connectivity index (χ2v) is 9.31. The van der Waals surface area contributed by atoms with Crippen LogP contribution in [0.15, 0.2) is 29.3 Å². The van der Waals surface area contributed by atoms with Gasteiger partial charge < -0.3 is 4.90 Å². The van der Waals surface area contributed by atoms with Crippen molar-refractivity contribution in [2.75, 3.05) is 17.2 Å². The molecule has 5 heteroatoms. The third-order valence-corrected chi connectivity index (χ3v) is 6.84. The number of thioether (sulfide) groups is 1. The molecule has 1 aromatic rings. The lowest BCUT2D eigenvalue weighted by Gasteiger charge is -2.35. The summed E-state index contributed by atoms with van der Waals surface area (Å²) in [7, 11) is 0. The van der Waals surface area contributed by atoms with Gasteiger partial charge in [0.15, 0.2) is 5.17 Å². The van der Waals surface area contributed by atoms with Crippen LogP contribution in [0.1, 0.15) is 77.7 Å². The first kappa shape index (κ1) is 21.2. The van der Waals surface area contributed by atoms with Crippen molar-refractivity contribution in [3.05, 3.63) is 29.8 Å². The first-order valence-corrected chi connectivity index (χ1v) is 11.9. The third kappa shape index (κ3) is 4.91. The topological polar surface area (TPSA) is 35.9 Å². The Kier molecular flexibility index (Phi) is 7.44. The normalized spacial score (nSPS) is 22.2. The zero-order chi connectivity index (χ0) is 20.1. The minimum absolute atomic E-state index is 0.0506. The maximum atomic E-state index is 12.6. The average molecular weight is 402 g/mol. The molecule has 1 saturated carbocycles. The molecular formula is C23H35N3OS. The quantitative estimate of drug-likeness (QED) is 0.619. The molecule has 2 aliphatic rings. The summed E-state index contributed by atoms with van der Waals surface area (Å²) >= 11 is 1.82. The minimum atomic E-state index is 0.0506. The van der Waals surface area contributed by atoms with Gasteiger partial charge in [-0.3, -0.25) is 14.7 Å². The van der Waals surface area contributed by atoms with E-state index in [9.17, 15) is 4.79 Å². The molecule has 0 spiro atoms. The van der Waals surface area contributed by atoms with Crippen molar-refractivity contribution in [1.82, 2.24) is 4.90 Å². The zero-order valence-corrected chi connectivity index (χ0v) is 18.7. The first-order valence-electron chi connectivity index (χ1n) is 10.9. The number of amides is 1. The van der Waals surface area contributed by atoms with Gasteiger partial charge in [-0.1, -0.05) is 63.9 Å². The van der Waals surface area contributed by atoms with Gasteiger partial charge >= 0.3 is 0 Å². The monoisotopic (exact) mass is 401 g/mol. The smallest absolute Gasteiger partial charge is 0.225 e. The Morgan fingerprint density at radius 2 is 1.89 bits per heavy atom. The van der Waals surface area contributed by atoms with Gasteiger partial charge in [0.05, 0.1) is 6.04 Å². The maximum Gasteiger partial charge on any atom is 0.225 e. The number of aliphatic imine (C=N–C) groups is 1. The van der Waals surface area contributed by atoms with Gasteiger partial charge in [-0.15, -0.1) is 0 Å². The Bertz CT molecular complexity index is 680. The van der Waals surface area contributed by atoms with E-state index in [0.29, 0.717) is 12.0 Å². The largest absolute Gasteiger partial charge is 0.330 e. The number of carbonyl (C=O) groups excluding carboxylic acids is 1. The van der Waals surface area contributed by atoms with E-state index in [1.54, 1.807) is 6.92 Å². The first-order chi connectivity index (χ1) is 13.5. The molecule has 2 fully saturated rings. The van der Waals surface area contributed by atoms with Crippen molar-refractivity contribution in [2.24, 2.45) is 4.99 Å². The molecule has 3 rings (SSSR count). The number of anilines is 1. The Labute approximate surface area is 174 Å². The van der Waals surface area contributed by atoms with Crippen LogP contribution in [0.5, 0.6) is 0 Å². The molecule has 1 unspecified atom stereocenters. The Morgan fingerprint density at radius 3 is 2.46 bits per heavy atom. The van der Waals surface area contributed by atoms with E-state index in [1.165, 1.54) is 37.7 Å². The van der Waals surface area contributed by atoms with E-state index >= 15 is 0 Å². The van der Waals surface area contributed by atoms with Crippen molar-refractivity contribution in [1.29, 1.82) is 0 Å². The molecule has 0 aromatic heterocycles.